The van der Waals surface area contributed by atoms with Crippen LogP contribution in [-0.2, 0) is 18.8 Å². The van der Waals surface area contributed by atoms with Crippen LogP contribution < -0.4 is 5.26 Å². The van der Waals surface area contributed by atoms with E-state index in [0.29, 0.717) is 47.9 Å². The highest BCUT2D eigenvalue weighted by atomic mass is 32.2. The van der Waals surface area contributed by atoms with E-state index in [2.05, 4.69) is 9.37 Å². The van der Waals surface area contributed by atoms with Crippen LogP contribution in [0.5, 0.6) is 0 Å². The molecule has 3 aliphatic carbocycles. The van der Waals surface area contributed by atoms with Crippen LogP contribution in [-0.4, -0.2) is 25.2 Å². The first-order valence-corrected chi connectivity index (χ1v) is 12.5. The van der Waals surface area contributed by atoms with E-state index < -0.39 is 11.9 Å². The van der Waals surface area contributed by atoms with Gasteiger partial charge < -0.3 is 14.7 Å². The summed E-state index contributed by atoms with van der Waals surface area (Å²) in [6, 6.07) is 4.51. The number of carbonyl (C=O) groups excluding carboxylic acids is 2. The van der Waals surface area contributed by atoms with Gasteiger partial charge in [0.25, 0.3) is 0 Å². The quantitative estimate of drug-likeness (QED) is 0.214. The third kappa shape index (κ3) is 6.25. The highest BCUT2D eigenvalue weighted by Crippen LogP contribution is 2.48. The summed E-state index contributed by atoms with van der Waals surface area (Å²) < 4.78 is 15.4. The van der Waals surface area contributed by atoms with Gasteiger partial charge in [-0.3, -0.25) is 5.04 Å². The van der Waals surface area contributed by atoms with E-state index >= 15 is 0 Å². The molecule has 0 saturated heterocycles. The van der Waals surface area contributed by atoms with Crippen LogP contribution in [0, 0.1) is 23.7 Å². The summed E-state index contributed by atoms with van der Waals surface area (Å²) in [7, 11) is 0. The number of carbonyl (C=O) groups is 2. The zero-order valence-electron chi connectivity index (χ0n) is 18.3. The topological polar surface area (TPSA) is 94.1 Å². The van der Waals surface area contributed by atoms with Gasteiger partial charge in [-0.15, -0.1) is 0 Å². The SMILES string of the molecule is O=C(OCCC1CCCCC1)c1cc(SOO[O-])cc(C(=O)OCC2CC3CCC2C3)c1. The number of hydrogen-bond acceptors (Lipinski definition) is 8. The average molecular weight is 464 g/mol. The molecule has 1 aromatic rings. The van der Waals surface area contributed by atoms with Gasteiger partial charge in [-0.05, 0) is 67.6 Å². The molecule has 1 aromatic carbocycles. The van der Waals surface area contributed by atoms with Crippen LogP contribution in [0.1, 0.15) is 84.9 Å². The van der Waals surface area contributed by atoms with Crippen LogP contribution in [0.25, 0.3) is 0 Å². The Morgan fingerprint density at radius 1 is 0.938 bits per heavy atom. The van der Waals surface area contributed by atoms with Crippen molar-refractivity contribution in [1.82, 2.24) is 0 Å². The highest BCUT2D eigenvalue weighted by molar-refractivity contribution is 7.94. The zero-order chi connectivity index (χ0) is 22.3. The molecule has 7 nitrogen and oxygen atoms in total. The Labute approximate surface area is 193 Å². The van der Waals surface area contributed by atoms with E-state index in [1.54, 1.807) is 0 Å². The van der Waals surface area contributed by atoms with Crippen molar-refractivity contribution < 1.29 is 33.7 Å². The second-order valence-electron chi connectivity index (χ2n) is 9.43. The normalized spacial score (nSPS) is 25.1. The number of rotatable bonds is 10. The number of ether oxygens (including phenoxy) is 2. The van der Waals surface area contributed by atoms with E-state index in [-0.39, 0.29) is 11.1 Å². The van der Waals surface area contributed by atoms with E-state index in [1.165, 1.54) is 69.6 Å². The van der Waals surface area contributed by atoms with Crippen LogP contribution in [0.3, 0.4) is 0 Å². The second-order valence-corrected chi connectivity index (χ2v) is 10.2. The summed E-state index contributed by atoms with van der Waals surface area (Å²) in [6.07, 6.45) is 11.9. The Kier molecular flexibility index (Phi) is 8.46. The van der Waals surface area contributed by atoms with Crippen molar-refractivity contribution in [3.63, 3.8) is 0 Å². The summed E-state index contributed by atoms with van der Waals surface area (Å²) >= 11 is 0.633. The van der Waals surface area contributed by atoms with Gasteiger partial charge in [-0.25, -0.2) is 9.59 Å². The molecule has 3 saturated carbocycles. The van der Waals surface area contributed by atoms with Gasteiger partial charge in [0, 0.05) is 4.90 Å². The Balaban J connectivity index is 1.35. The maximum Gasteiger partial charge on any atom is 0.338 e. The van der Waals surface area contributed by atoms with Crippen LogP contribution in [0.2, 0.25) is 0 Å². The molecule has 3 aliphatic rings. The predicted octanol–water partition coefficient (Wildman–Crippen LogP) is 4.64. The fourth-order valence-electron chi connectivity index (χ4n) is 5.66. The van der Waals surface area contributed by atoms with E-state index in [0.717, 1.165) is 18.8 Å². The number of hydrogen-bond donors (Lipinski definition) is 0. The standard InChI is InChI=1S/C24H32O7S/c25-23(28-9-8-16-4-2-1-3-5-16)19-12-20(14-22(13-19)32-31-30-27)24(26)29-15-21-11-17-6-7-18(21)10-17/h12-14,16-18,21,27H,1-11,15H2/p-1. The number of benzene rings is 1. The van der Waals surface area contributed by atoms with E-state index in [1.807, 2.05) is 0 Å². The molecule has 0 heterocycles. The first-order chi connectivity index (χ1) is 15.6. The largest absolute Gasteiger partial charge is 0.691 e. The van der Waals surface area contributed by atoms with Crippen molar-refractivity contribution in [2.75, 3.05) is 13.2 Å². The maximum absolute atomic E-state index is 12.7. The molecule has 3 fully saturated rings. The second kappa shape index (κ2) is 11.5. The minimum absolute atomic E-state index is 0.222. The zero-order valence-corrected chi connectivity index (χ0v) is 19.1. The van der Waals surface area contributed by atoms with Crippen molar-refractivity contribution in [3.8, 4) is 0 Å². The fraction of sp³-hybridized carbons (Fsp3) is 0.667. The molecule has 32 heavy (non-hydrogen) atoms. The Bertz CT molecular complexity index is 793. The molecule has 2 bridgehead atoms. The predicted molar refractivity (Wildman–Crippen MR) is 115 cm³/mol. The molecule has 3 atom stereocenters. The Morgan fingerprint density at radius 2 is 1.69 bits per heavy atom. The summed E-state index contributed by atoms with van der Waals surface area (Å²) in [4.78, 5) is 25.7. The lowest BCUT2D eigenvalue weighted by Crippen LogP contribution is -2.20. The first kappa shape index (κ1) is 23.5. The van der Waals surface area contributed by atoms with Gasteiger partial charge in [0.2, 0.25) is 0 Å². The van der Waals surface area contributed by atoms with Gasteiger partial charge in [0.1, 0.15) is 0 Å². The van der Waals surface area contributed by atoms with Crippen LogP contribution >= 0.6 is 12.0 Å². The first-order valence-electron chi connectivity index (χ1n) is 11.7. The summed E-state index contributed by atoms with van der Waals surface area (Å²) in [6.45, 7) is 0.754. The molecule has 4 rings (SSSR count). The van der Waals surface area contributed by atoms with Crippen LogP contribution in [0.4, 0.5) is 0 Å². The molecule has 0 N–H and O–H groups in total. The third-order valence-corrected chi connectivity index (χ3v) is 7.88. The van der Waals surface area contributed by atoms with Crippen LogP contribution in [0.15, 0.2) is 23.1 Å². The van der Waals surface area contributed by atoms with Crippen molar-refractivity contribution in [2.24, 2.45) is 23.7 Å². The lowest BCUT2D eigenvalue weighted by Gasteiger charge is -2.21. The molecule has 3 unspecified atom stereocenters. The number of fused-ring (bicyclic) bond motifs is 2. The Hall–Kier alpha value is -1.61. The lowest BCUT2D eigenvalue weighted by molar-refractivity contribution is -0.777. The molecule has 0 amide bonds. The summed E-state index contributed by atoms with van der Waals surface area (Å²) in [5.74, 6) is 1.48. The molecular formula is C24H31O7S-. The smallest absolute Gasteiger partial charge is 0.338 e. The molecule has 0 radical (unpaired) electrons. The van der Waals surface area contributed by atoms with Gasteiger partial charge >= 0.3 is 11.9 Å². The molecule has 0 aliphatic heterocycles. The minimum Gasteiger partial charge on any atom is -0.691 e. The molecule has 0 spiro atoms. The average Bonchev–Trinajstić information content (AvgIpc) is 3.45. The summed E-state index contributed by atoms with van der Waals surface area (Å²) in [5, 5.41) is 13.6. The molecule has 8 heteroatoms. The fourth-order valence-corrected chi connectivity index (χ4v) is 6.12. The van der Waals surface area contributed by atoms with Gasteiger partial charge in [0.05, 0.1) is 36.4 Å². The molecular weight excluding hydrogens is 432 g/mol. The highest BCUT2D eigenvalue weighted by Gasteiger charge is 2.40. The monoisotopic (exact) mass is 463 g/mol. The molecule has 176 valence electrons. The van der Waals surface area contributed by atoms with E-state index in [4.69, 9.17) is 9.47 Å². The lowest BCUT2D eigenvalue weighted by atomic mass is 9.87. The van der Waals surface area contributed by atoms with Gasteiger partial charge in [0.15, 0.2) is 0 Å². The third-order valence-electron chi connectivity index (χ3n) is 7.33. The van der Waals surface area contributed by atoms with Crippen molar-refractivity contribution in [2.45, 2.75) is 69.1 Å². The number of esters is 2. The van der Waals surface area contributed by atoms with Crippen molar-refractivity contribution in [1.29, 1.82) is 0 Å². The van der Waals surface area contributed by atoms with Gasteiger partial charge in [-0.2, -0.15) is 4.33 Å². The summed E-state index contributed by atoms with van der Waals surface area (Å²) in [5.41, 5.74) is 0.451. The maximum atomic E-state index is 12.7. The minimum atomic E-state index is -0.506. The Morgan fingerprint density at radius 3 is 2.34 bits per heavy atom. The molecule has 0 aromatic heterocycles. The van der Waals surface area contributed by atoms with Crippen molar-refractivity contribution in [3.05, 3.63) is 29.3 Å². The van der Waals surface area contributed by atoms with Crippen molar-refractivity contribution >= 4 is 24.0 Å². The van der Waals surface area contributed by atoms with Gasteiger partial charge in [-0.1, -0.05) is 38.5 Å². The van der Waals surface area contributed by atoms with E-state index in [9.17, 15) is 14.8 Å².